The van der Waals surface area contributed by atoms with E-state index >= 15 is 0 Å². The standard InChI is InChI=1S/C16H22N6O2/c1-16(14-12(9-18-20-14)15(24)17-2)5-3-7-21(11-16)13(23)10-22-8-4-6-19-22/h4,6,8-9H,3,5,7,10-11H2,1-2H3,(H,17,24)(H,18,20)/t16-/m0/s1. The molecule has 3 rings (SSSR count). The van der Waals surface area contributed by atoms with Crippen molar-refractivity contribution in [1.82, 2.24) is 30.2 Å². The summed E-state index contributed by atoms with van der Waals surface area (Å²) in [6.45, 7) is 3.58. The van der Waals surface area contributed by atoms with Crippen molar-refractivity contribution in [2.45, 2.75) is 31.7 Å². The van der Waals surface area contributed by atoms with Crippen LogP contribution >= 0.6 is 0 Å². The fraction of sp³-hybridized carbons (Fsp3) is 0.500. The molecule has 128 valence electrons. The SMILES string of the molecule is CNC(=O)c1cn[nH]c1[C@@]1(C)CCCN(C(=O)Cn2cccn2)C1. The Morgan fingerprint density at radius 3 is 3.00 bits per heavy atom. The number of hydrogen-bond donors (Lipinski definition) is 2. The average Bonchev–Trinajstić information content (AvgIpc) is 3.25. The van der Waals surface area contributed by atoms with Crippen molar-refractivity contribution in [2.24, 2.45) is 0 Å². The van der Waals surface area contributed by atoms with E-state index in [9.17, 15) is 9.59 Å². The second-order valence-electron chi connectivity index (χ2n) is 6.42. The van der Waals surface area contributed by atoms with Gasteiger partial charge in [0.15, 0.2) is 0 Å². The van der Waals surface area contributed by atoms with E-state index in [0.29, 0.717) is 12.1 Å². The Balaban J connectivity index is 1.78. The lowest BCUT2D eigenvalue weighted by Gasteiger charge is -2.40. The topological polar surface area (TPSA) is 95.9 Å². The van der Waals surface area contributed by atoms with E-state index in [1.807, 2.05) is 4.90 Å². The van der Waals surface area contributed by atoms with E-state index in [1.54, 1.807) is 36.4 Å². The molecular formula is C16H22N6O2. The van der Waals surface area contributed by atoms with Crippen molar-refractivity contribution < 1.29 is 9.59 Å². The predicted molar refractivity (Wildman–Crippen MR) is 87.4 cm³/mol. The molecule has 8 heteroatoms. The van der Waals surface area contributed by atoms with Crippen LogP contribution in [0.1, 0.15) is 35.8 Å². The summed E-state index contributed by atoms with van der Waals surface area (Å²) in [6, 6.07) is 1.80. The summed E-state index contributed by atoms with van der Waals surface area (Å²) in [5.41, 5.74) is 1.01. The van der Waals surface area contributed by atoms with Crippen molar-refractivity contribution >= 4 is 11.8 Å². The van der Waals surface area contributed by atoms with Crippen LogP contribution in [0.15, 0.2) is 24.7 Å². The van der Waals surface area contributed by atoms with Gasteiger partial charge in [0.1, 0.15) is 6.54 Å². The van der Waals surface area contributed by atoms with Crippen molar-refractivity contribution in [3.63, 3.8) is 0 Å². The van der Waals surface area contributed by atoms with Crippen molar-refractivity contribution in [3.05, 3.63) is 35.9 Å². The van der Waals surface area contributed by atoms with Crippen LogP contribution in [-0.2, 0) is 16.8 Å². The number of nitrogens with zero attached hydrogens (tertiary/aromatic N) is 4. The van der Waals surface area contributed by atoms with Crippen LogP contribution in [0.5, 0.6) is 0 Å². The third-order valence-corrected chi connectivity index (χ3v) is 4.62. The molecule has 1 fully saturated rings. The summed E-state index contributed by atoms with van der Waals surface area (Å²) in [6.07, 6.45) is 6.76. The summed E-state index contributed by atoms with van der Waals surface area (Å²) in [5, 5.41) is 13.7. The Hall–Kier alpha value is -2.64. The number of H-pyrrole nitrogens is 1. The summed E-state index contributed by atoms with van der Waals surface area (Å²) in [4.78, 5) is 26.4. The Labute approximate surface area is 140 Å². The average molecular weight is 330 g/mol. The Bertz CT molecular complexity index is 723. The molecule has 2 aromatic rings. The number of likely N-dealkylation sites (tertiary alicyclic amines) is 1. The molecule has 1 aliphatic heterocycles. The van der Waals surface area contributed by atoms with Crippen LogP contribution in [0.4, 0.5) is 0 Å². The van der Waals surface area contributed by atoms with Gasteiger partial charge in [0.05, 0.1) is 17.5 Å². The van der Waals surface area contributed by atoms with Crippen LogP contribution in [0, 0.1) is 0 Å². The number of piperidine rings is 1. The van der Waals surface area contributed by atoms with Gasteiger partial charge < -0.3 is 10.2 Å². The van der Waals surface area contributed by atoms with Gasteiger partial charge in [-0.15, -0.1) is 0 Å². The maximum atomic E-state index is 12.6. The molecule has 2 amide bonds. The highest BCUT2D eigenvalue weighted by molar-refractivity contribution is 5.95. The number of rotatable bonds is 4. The quantitative estimate of drug-likeness (QED) is 0.855. The smallest absolute Gasteiger partial charge is 0.254 e. The largest absolute Gasteiger partial charge is 0.355 e. The van der Waals surface area contributed by atoms with Gasteiger partial charge in [0, 0.05) is 37.9 Å². The second-order valence-corrected chi connectivity index (χ2v) is 6.42. The highest BCUT2D eigenvalue weighted by atomic mass is 16.2. The van der Waals surface area contributed by atoms with Gasteiger partial charge in [-0.05, 0) is 18.9 Å². The van der Waals surface area contributed by atoms with E-state index in [4.69, 9.17) is 0 Å². The Morgan fingerprint density at radius 2 is 2.29 bits per heavy atom. The second kappa shape index (κ2) is 6.46. The maximum absolute atomic E-state index is 12.6. The van der Waals surface area contributed by atoms with Crippen LogP contribution in [-0.4, -0.2) is 56.8 Å². The molecule has 0 saturated carbocycles. The first kappa shape index (κ1) is 16.2. The fourth-order valence-electron chi connectivity index (χ4n) is 3.34. The monoisotopic (exact) mass is 330 g/mol. The van der Waals surface area contributed by atoms with Gasteiger partial charge in [0.25, 0.3) is 5.91 Å². The first-order valence-corrected chi connectivity index (χ1v) is 8.04. The third-order valence-electron chi connectivity index (χ3n) is 4.62. The Morgan fingerprint density at radius 1 is 1.46 bits per heavy atom. The minimum Gasteiger partial charge on any atom is -0.355 e. The van der Waals surface area contributed by atoms with Gasteiger partial charge in [-0.3, -0.25) is 19.4 Å². The molecule has 0 unspecified atom stereocenters. The van der Waals surface area contributed by atoms with E-state index in [-0.39, 0.29) is 23.8 Å². The molecule has 24 heavy (non-hydrogen) atoms. The predicted octanol–water partition coefficient (Wildman–Crippen LogP) is 0.546. The zero-order valence-electron chi connectivity index (χ0n) is 14.0. The molecule has 8 nitrogen and oxygen atoms in total. The van der Waals surface area contributed by atoms with Gasteiger partial charge in [-0.2, -0.15) is 10.2 Å². The summed E-state index contributed by atoms with van der Waals surface area (Å²) < 4.78 is 1.63. The van der Waals surface area contributed by atoms with E-state index < -0.39 is 0 Å². The molecule has 2 N–H and O–H groups in total. The number of amides is 2. The number of carbonyl (C=O) groups is 2. The summed E-state index contributed by atoms with van der Waals surface area (Å²) in [7, 11) is 1.60. The number of aromatic nitrogens is 4. The molecule has 1 aliphatic rings. The molecule has 0 radical (unpaired) electrons. The van der Waals surface area contributed by atoms with Gasteiger partial charge in [0.2, 0.25) is 5.91 Å². The first-order chi connectivity index (χ1) is 11.5. The minimum absolute atomic E-state index is 0.0330. The highest BCUT2D eigenvalue weighted by Crippen LogP contribution is 2.34. The summed E-state index contributed by atoms with van der Waals surface area (Å²) >= 11 is 0. The molecule has 1 saturated heterocycles. The summed E-state index contributed by atoms with van der Waals surface area (Å²) in [5.74, 6) is -0.134. The van der Waals surface area contributed by atoms with E-state index in [1.165, 1.54) is 0 Å². The molecule has 2 aromatic heterocycles. The van der Waals surface area contributed by atoms with Crippen molar-refractivity contribution in [3.8, 4) is 0 Å². The van der Waals surface area contributed by atoms with Crippen LogP contribution in [0.3, 0.4) is 0 Å². The maximum Gasteiger partial charge on any atom is 0.254 e. The first-order valence-electron chi connectivity index (χ1n) is 8.04. The number of nitrogens with one attached hydrogen (secondary N) is 2. The molecule has 0 aliphatic carbocycles. The fourth-order valence-corrected chi connectivity index (χ4v) is 3.34. The molecule has 1 atom stereocenters. The zero-order chi connectivity index (χ0) is 17.2. The van der Waals surface area contributed by atoms with E-state index in [0.717, 1.165) is 25.1 Å². The number of hydrogen-bond acceptors (Lipinski definition) is 4. The number of carbonyl (C=O) groups excluding carboxylic acids is 2. The molecule has 0 aromatic carbocycles. The molecule has 3 heterocycles. The van der Waals surface area contributed by atoms with Gasteiger partial charge in [-0.1, -0.05) is 6.92 Å². The lowest BCUT2D eigenvalue weighted by Crippen LogP contribution is -2.48. The van der Waals surface area contributed by atoms with Gasteiger partial charge >= 0.3 is 0 Å². The van der Waals surface area contributed by atoms with Gasteiger partial charge in [-0.25, -0.2) is 0 Å². The highest BCUT2D eigenvalue weighted by Gasteiger charge is 2.38. The lowest BCUT2D eigenvalue weighted by atomic mass is 9.77. The van der Waals surface area contributed by atoms with Crippen molar-refractivity contribution in [2.75, 3.05) is 20.1 Å². The van der Waals surface area contributed by atoms with Crippen LogP contribution in [0.25, 0.3) is 0 Å². The van der Waals surface area contributed by atoms with E-state index in [2.05, 4.69) is 27.5 Å². The lowest BCUT2D eigenvalue weighted by molar-refractivity contribution is -0.134. The molecule has 0 bridgehead atoms. The Kier molecular flexibility index (Phi) is 4.37. The third kappa shape index (κ3) is 3.04. The normalized spacial score (nSPS) is 20.8. The molecule has 0 spiro atoms. The minimum atomic E-state index is -0.323. The molecular weight excluding hydrogens is 308 g/mol. The van der Waals surface area contributed by atoms with Crippen LogP contribution < -0.4 is 5.32 Å². The zero-order valence-corrected chi connectivity index (χ0v) is 14.0. The van der Waals surface area contributed by atoms with Crippen LogP contribution in [0.2, 0.25) is 0 Å². The van der Waals surface area contributed by atoms with Crippen molar-refractivity contribution in [1.29, 1.82) is 0 Å². The number of aromatic amines is 1.